The minimum absolute atomic E-state index is 0.503. The maximum absolute atomic E-state index is 5.76. The van der Waals surface area contributed by atoms with Crippen LogP contribution in [0.15, 0.2) is 0 Å². The van der Waals surface area contributed by atoms with Gasteiger partial charge in [-0.05, 0) is 56.5 Å². The molecule has 106 valence electrons. The third kappa shape index (κ3) is 3.46. The first-order valence-electron chi connectivity index (χ1n) is 7.83. The zero-order chi connectivity index (χ0) is 12.8. The molecule has 0 radical (unpaired) electrons. The van der Waals surface area contributed by atoms with Gasteiger partial charge in [0.25, 0.3) is 0 Å². The minimum Gasteiger partial charge on any atom is -0.378 e. The largest absolute Gasteiger partial charge is 0.378 e. The lowest BCUT2D eigenvalue weighted by molar-refractivity contribution is 0.0855. The zero-order valence-electron chi connectivity index (χ0n) is 12.1. The second-order valence-corrected chi connectivity index (χ2v) is 6.10. The highest BCUT2D eigenvalue weighted by Gasteiger charge is 2.31. The Morgan fingerprint density at radius 2 is 2.06 bits per heavy atom. The normalized spacial score (nSPS) is 31.7. The Kier molecular flexibility index (Phi) is 5.46. The van der Waals surface area contributed by atoms with Crippen molar-refractivity contribution in [2.75, 3.05) is 32.8 Å². The van der Waals surface area contributed by atoms with E-state index >= 15 is 0 Å². The number of piperidine rings is 1. The van der Waals surface area contributed by atoms with Crippen LogP contribution < -0.4 is 10.6 Å². The molecule has 2 rings (SSSR count). The van der Waals surface area contributed by atoms with Gasteiger partial charge in [-0.3, -0.25) is 0 Å². The SMILES string of the molecule is CCC1OCCC1CNCC1(CC)CCNCC1. The van der Waals surface area contributed by atoms with E-state index in [0.717, 1.165) is 25.5 Å². The molecule has 0 bridgehead atoms. The van der Waals surface area contributed by atoms with Crippen LogP contribution >= 0.6 is 0 Å². The number of rotatable bonds is 6. The number of nitrogens with one attached hydrogen (secondary N) is 2. The molecule has 2 aliphatic heterocycles. The maximum atomic E-state index is 5.76. The van der Waals surface area contributed by atoms with Gasteiger partial charge in [0.1, 0.15) is 0 Å². The van der Waals surface area contributed by atoms with E-state index in [2.05, 4.69) is 24.5 Å². The van der Waals surface area contributed by atoms with Gasteiger partial charge in [0.15, 0.2) is 0 Å². The van der Waals surface area contributed by atoms with E-state index in [0.29, 0.717) is 11.5 Å². The summed E-state index contributed by atoms with van der Waals surface area (Å²) in [7, 11) is 0. The van der Waals surface area contributed by atoms with E-state index in [-0.39, 0.29) is 0 Å². The minimum atomic E-state index is 0.503. The quantitative estimate of drug-likeness (QED) is 0.762. The van der Waals surface area contributed by atoms with Gasteiger partial charge in [0, 0.05) is 19.7 Å². The third-order valence-corrected chi connectivity index (χ3v) is 5.07. The van der Waals surface area contributed by atoms with E-state index in [4.69, 9.17) is 4.74 Å². The van der Waals surface area contributed by atoms with Gasteiger partial charge < -0.3 is 15.4 Å². The van der Waals surface area contributed by atoms with Crippen LogP contribution in [0.2, 0.25) is 0 Å². The summed E-state index contributed by atoms with van der Waals surface area (Å²) in [5.74, 6) is 0.741. The molecule has 2 atom stereocenters. The van der Waals surface area contributed by atoms with Gasteiger partial charge in [0.2, 0.25) is 0 Å². The molecule has 0 saturated carbocycles. The van der Waals surface area contributed by atoms with Gasteiger partial charge >= 0.3 is 0 Å². The van der Waals surface area contributed by atoms with Crippen molar-refractivity contribution >= 4 is 0 Å². The van der Waals surface area contributed by atoms with Crippen molar-refractivity contribution in [3.05, 3.63) is 0 Å². The van der Waals surface area contributed by atoms with E-state index in [1.54, 1.807) is 0 Å². The smallest absolute Gasteiger partial charge is 0.0613 e. The first-order valence-corrected chi connectivity index (χ1v) is 7.83. The topological polar surface area (TPSA) is 33.3 Å². The lowest BCUT2D eigenvalue weighted by Crippen LogP contribution is -2.44. The summed E-state index contributed by atoms with van der Waals surface area (Å²) in [4.78, 5) is 0. The van der Waals surface area contributed by atoms with Crippen LogP contribution in [0.1, 0.15) is 46.0 Å². The summed E-state index contributed by atoms with van der Waals surface area (Å²) in [5.41, 5.74) is 0.548. The summed E-state index contributed by atoms with van der Waals surface area (Å²) in [6.07, 6.45) is 6.87. The molecule has 2 aliphatic rings. The standard InChI is InChI=1S/C15H30N2O/c1-3-14-13(5-10-18-14)11-17-12-15(4-2)6-8-16-9-7-15/h13-14,16-17H,3-12H2,1-2H3. The Labute approximate surface area is 112 Å². The van der Waals surface area contributed by atoms with E-state index in [1.807, 2.05) is 0 Å². The molecule has 0 aromatic heterocycles. The Bertz CT molecular complexity index is 239. The first-order chi connectivity index (χ1) is 8.79. The number of ether oxygens (including phenoxy) is 1. The monoisotopic (exact) mass is 254 g/mol. The van der Waals surface area contributed by atoms with Crippen molar-refractivity contribution in [2.24, 2.45) is 11.3 Å². The summed E-state index contributed by atoms with van der Waals surface area (Å²) in [6.45, 7) is 10.3. The lowest BCUT2D eigenvalue weighted by Gasteiger charge is -2.37. The molecule has 0 aromatic carbocycles. The molecule has 18 heavy (non-hydrogen) atoms. The van der Waals surface area contributed by atoms with Crippen LogP contribution in [0.25, 0.3) is 0 Å². The van der Waals surface area contributed by atoms with Crippen molar-refractivity contribution in [1.82, 2.24) is 10.6 Å². The van der Waals surface area contributed by atoms with Gasteiger partial charge in [-0.2, -0.15) is 0 Å². The molecule has 0 amide bonds. The molecule has 3 nitrogen and oxygen atoms in total. The van der Waals surface area contributed by atoms with E-state index < -0.39 is 0 Å². The zero-order valence-corrected chi connectivity index (χ0v) is 12.1. The molecule has 2 fully saturated rings. The Balaban J connectivity index is 1.73. The van der Waals surface area contributed by atoms with Crippen molar-refractivity contribution in [3.8, 4) is 0 Å². The number of hydrogen-bond donors (Lipinski definition) is 2. The molecule has 0 aliphatic carbocycles. The Hall–Kier alpha value is -0.120. The molecule has 0 aromatic rings. The fourth-order valence-electron chi connectivity index (χ4n) is 3.51. The van der Waals surface area contributed by atoms with Crippen molar-refractivity contribution < 1.29 is 4.74 Å². The number of hydrogen-bond acceptors (Lipinski definition) is 3. The van der Waals surface area contributed by atoms with Crippen LogP contribution in [0.4, 0.5) is 0 Å². The van der Waals surface area contributed by atoms with Crippen molar-refractivity contribution in [1.29, 1.82) is 0 Å². The fourth-order valence-corrected chi connectivity index (χ4v) is 3.51. The van der Waals surface area contributed by atoms with Crippen molar-refractivity contribution in [3.63, 3.8) is 0 Å². The summed E-state index contributed by atoms with van der Waals surface area (Å²) in [6, 6.07) is 0. The van der Waals surface area contributed by atoms with Gasteiger partial charge in [-0.15, -0.1) is 0 Å². The van der Waals surface area contributed by atoms with Gasteiger partial charge in [-0.25, -0.2) is 0 Å². The average Bonchev–Trinajstić information content (AvgIpc) is 2.87. The van der Waals surface area contributed by atoms with Crippen LogP contribution in [0.5, 0.6) is 0 Å². The second-order valence-electron chi connectivity index (χ2n) is 6.10. The fraction of sp³-hybridized carbons (Fsp3) is 1.00. The molecule has 3 heteroatoms. The molecule has 2 unspecified atom stereocenters. The van der Waals surface area contributed by atoms with E-state index in [1.165, 1.54) is 45.3 Å². The van der Waals surface area contributed by atoms with Crippen LogP contribution in [0, 0.1) is 11.3 Å². The van der Waals surface area contributed by atoms with Crippen LogP contribution in [-0.4, -0.2) is 38.9 Å². The van der Waals surface area contributed by atoms with E-state index in [9.17, 15) is 0 Å². The Morgan fingerprint density at radius 1 is 1.28 bits per heavy atom. The highest BCUT2D eigenvalue weighted by Crippen LogP contribution is 2.32. The molecular formula is C15H30N2O. The molecule has 2 heterocycles. The summed E-state index contributed by atoms with van der Waals surface area (Å²) in [5, 5.41) is 7.22. The van der Waals surface area contributed by atoms with Crippen LogP contribution in [0.3, 0.4) is 0 Å². The predicted octanol–water partition coefficient (Wildman–Crippen LogP) is 2.17. The summed E-state index contributed by atoms with van der Waals surface area (Å²) < 4.78 is 5.76. The van der Waals surface area contributed by atoms with Gasteiger partial charge in [0.05, 0.1) is 6.10 Å². The summed E-state index contributed by atoms with van der Waals surface area (Å²) >= 11 is 0. The lowest BCUT2D eigenvalue weighted by atomic mass is 9.76. The van der Waals surface area contributed by atoms with Crippen LogP contribution in [-0.2, 0) is 4.74 Å². The average molecular weight is 254 g/mol. The predicted molar refractivity (Wildman–Crippen MR) is 75.8 cm³/mol. The highest BCUT2D eigenvalue weighted by molar-refractivity contribution is 4.86. The first kappa shape index (κ1) is 14.3. The second kappa shape index (κ2) is 6.88. The van der Waals surface area contributed by atoms with Crippen molar-refractivity contribution in [2.45, 2.75) is 52.1 Å². The third-order valence-electron chi connectivity index (χ3n) is 5.07. The molecular weight excluding hydrogens is 224 g/mol. The molecule has 2 N–H and O–H groups in total. The highest BCUT2D eigenvalue weighted by atomic mass is 16.5. The maximum Gasteiger partial charge on any atom is 0.0613 e. The Morgan fingerprint density at radius 3 is 2.72 bits per heavy atom. The van der Waals surface area contributed by atoms with Gasteiger partial charge in [-0.1, -0.05) is 13.8 Å². The molecule has 0 spiro atoms. The molecule has 2 saturated heterocycles.